The molecule has 1 saturated heterocycles. The van der Waals surface area contributed by atoms with E-state index in [-0.39, 0.29) is 11.9 Å². The molecule has 170 valence electrons. The van der Waals surface area contributed by atoms with E-state index >= 15 is 0 Å². The summed E-state index contributed by atoms with van der Waals surface area (Å²) < 4.78 is 7.67. The lowest BCUT2D eigenvalue weighted by Gasteiger charge is -2.31. The number of thioether (sulfide) groups is 1. The molecule has 0 bridgehead atoms. The van der Waals surface area contributed by atoms with Gasteiger partial charge in [-0.15, -0.1) is 10.2 Å². The lowest BCUT2D eigenvalue weighted by Crippen LogP contribution is -2.36. The van der Waals surface area contributed by atoms with E-state index in [1.165, 1.54) is 18.2 Å². The Morgan fingerprint density at radius 1 is 1.25 bits per heavy atom. The van der Waals surface area contributed by atoms with Gasteiger partial charge in [0.05, 0.1) is 24.6 Å². The Morgan fingerprint density at radius 3 is 2.78 bits per heavy atom. The maximum Gasteiger partial charge on any atom is 0.233 e. The van der Waals surface area contributed by atoms with Crippen molar-refractivity contribution >= 4 is 23.6 Å². The van der Waals surface area contributed by atoms with Crippen LogP contribution in [0, 0.1) is 5.92 Å². The molecule has 7 nitrogen and oxygen atoms in total. The van der Waals surface area contributed by atoms with Crippen LogP contribution in [0.1, 0.15) is 44.1 Å². The Bertz CT molecular complexity index is 1000. The fourth-order valence-corrected chi connectivity index (χ4v) is 4.95. The van der Waals surface area contributed by atoms with Crippen molar-refractivity contribution in [2.45, 2.75) is 44.4 Å². The number of piperidine rings is 1. The molecule has 1 aliphatic heterocycles. The van der Waals surface area contributed by atoms with Gasteiger partial charge >= 0.3 is 0 Å². The monoisotopic (exact) mass is 453 g/mol. The number of rotatable bonds is 8. The summed E-state index contributed by atoms with van der Waals surface area (Å²) in [6.07, 6.45) is 4.07. The van der Waals surface area contributed by atoms with E-state index in [0.29, 0.717) is 18.2 Å². The van der Waals surface area contributed by atoms with Gasteiger partial charge in [-0.1, -0.05) is 49.0 Å². The standard InChI is InChI=1S/C24H31N5O2S/c1-18-9-7-13-28(15-18)23-25-26-24(29(23)16-21-12-8-14-31-21)32-17-22(30)27(3)19(2)20-10-5-4-6-11-20/h4-6,8,10-12,14,18-19H,7,9,13,15-17H2,1-3H3. The molecule has 0 aliphatic carbocycles. The van der Waals surface area contributed by atoms with Gasteiger partial charge in [-0.25, -0.2) is 0 Å². The average molecular weight is 454 g/mol. The van der Waals surface area contributed by atoms with Gasteiger partial charge in [-0.3, -0.25) is 9.36 Å². The van der Waals surface area contributed by atoms with Crippen LogP contribution in [0.5, 0.6) is 0 Å². The summed E-state index contributed by atoms with van der Waals surface area (Å²) >= 11 is 1.43. The highest BCUT2D eigenvalue weighted by Gasteiger charge is 2.25. The molecule has 0 saturated carbocycles. The molecule has 1 aromatic carbocycles. The minimum Gasteiger partial charge on any atom is -0.467 e. The Balaban J connectivity index is 1.48. The van der Waals surface area contributed by atoms with Gasteiger partial charge in [0.25, 0.3) is 0 Å². The first-order valence-corrected chi connectivity index (χ1v) is 12.2. The molecule has 1 aliphatic rings. The van der Waals surface area contributed by atoms with E-state index in [9.17, 15) is 4.79 Å². The van der Waals surface area contributed by atoms with Gasteiger partial charge in [-0.05, 0) is 43.4 Å². The van der Waals surface area contributed by atoms with E-state index in [2.05, 4.69) is 26.6 Å². The number of amides is 1. The number of benzene rings is 1. The van der Waals surface area contributed by atoms with Crippen LogP contribution in [0.4, 0.5) is 5.95 Å². The minimum atomic E-state index is 0.00990. The first-order chi connectivity index (χ1) is 15.5. The molecule has 8 heteroatoms. The number of nitrogens with zero attached hydrogens (tertiary/aromatic N) is 5. The van der Waals surface area contributed by atoms with Crippen LogP contribution < -0.4 is 4.90 Å². The van der Waals surface area contributed by atoms with Crippen LogP contribution in [0.15, 0.2) is 58.3 Å². The first-order valence-electron chi connectivity index (χ1n) is 11.2. The van der Waals surface area contributed by atoms with Crippen molar-refractivity contribution in [2.24, 2.45) is 5.92 Å². The predicted molar refractivity (Wildman–Crippen MR) is 127 cm³/mol. The summed E-state index contributed by atoms with van der Waals surface area (Å²) in [5, 5.41) is 9.70. The predicted octanol–water partition coefficient (Wildman–Crippen LogP) is 4.47. The quantitative estimate of drug-likeness (QED) is 0.469. The Hall–Kier alpha value is -2.74. The molecule has 0 spiro atoms. The molecule has 2 aromatic heterocycles. The molecule has 32 heavy (non-hydrogen) atoms. The van der Waals surface area contributed by atoms with Crippen molar-refractivity contribution in [3.63, 3.8) is 0 Å². The number of hydrogen-bond donors (Lipinski definition) is 0. The number of aromatic nitrogens is 3. The number of furan rings is 1. The van der Waals surface area contributed by atoms with E-state index in [1.54, 1.807) is 11.2 Å². The lowest BCUT2D eigenvalue weighted by molar-refractivity contribution is -0.128. The van der Waals surface area contributed by atoms with Crippen molar-refractivity contribution in [2.75, 3.05) is 30.8 Å². The Morgan fingerprint density at radius 2 is 2.06 bits per heavy atom. The molecule has 3 heterocycles. The smallest absolute Gasteiger partial charge is 0.233 e. The van der Waals surface area contributed by atoms with E-state index in [0.717, 1.165) is 41.9 Å². The van der Waals surface area contributed by atoms with Gasteiger partial charge in [0.15, 0.2) is 5.16 Å². The summed E-state index contributed by atoms with van der Waals surface area (Å²) in [7, 11) is 1.86. The second kappa shape index (κ2) is 10.3. The third kappa shape index (κ3) is 5.18. The molecule has 2 unspecified atom stereocenters. The maximum absolute atomic E-state index is 12.9. The van der Waals surface area contributed by atoms with Gasteiger partial charge in [0.2, 0.25) is 11.9 Å². The third-order valence-electron chi connectivity index (χ3n) is 6.11. The van der Waals surface area contributed by atoms with Crippen molar-refractivity contribution < 1.29 is 9.21 Å². The normalized spacial score (nSPS) is 17.3. The molecule has 1 amide bonds. The Kier molecular flexibility index (Phi) is 7.19. The van der Waals surface area contributed by atoms with Crippen LogP contribution in [0.2, 0.25) is 0 Å². The van der Waals surface area contributed by atoms with Crippen molar-refractivity contribution in [3.8, 4) is 0 Å². The highest BCUT2D eigenvalue weighted by atomic mass is 32.2. The average Bonchev–Trinajstić information content (AvgIpc) is 3.47. The molecule has 0 radical (unpaired) electrons. The van der Waals surface area contributed by atoms with Gasteiger partial charge < -0.3 is 14.2 Å². The lowest BCUT2D eigenvalue weighted by atomic mass is 10.0. The minimum absolute atomic E-state index is 0.00990. The number of hydrogen-bond acceptors (Lipinski definition) is 6. The van der Waals surface area contributed by atoms with Gasteiger partial charge in [0.1, 0.15) is 5.76 Å². The van der Waals surface area contributed by atoms with Crippen LogP contribution in [-0.4, -0.2) is 51.5 Å². The summed E-state index contributed by atoms with van der Waals surface area (Å²) in [6, 6.07) is 13.9. The van der Waals surface area contributed by atoms with Crippen molar-refractivity contribution in [1.29, 1.82) is 0 Å². The summed E-state index contributed by atoms with van der Waals surface area (Å²) in [5.74, 6) is 2.70. The number of anilines is 1. The first kappa shape index (κ1) is 22.5. The molecule has 3 aromatic rings. The van der Waals surface area contributed by atoms with Crippen molar-refractivity contribution in [3.05, 3.63) is 60.1 Å². The third-order valence-corrected chi connectivity index (χ3v) is 7.06. The zero-order chi connectivity index (χ0) is 22.5. The molecule has 4 rings (SSSR count). The second-order valence-corrected chi connectivity index (χ2v) is 9.46. The van der Waals surface area contributed by atoms with Crippen molar-refractivity contribution in [1.82, 2.24) is 19.7 Å². The Labute approximate surface area is 193 Å². The number of carbonyl (C=O) groups excluding carboxylic acids is 1. The fourth-order valence-electron chi connectivity index (χ4n) is 4.09. The van der Waals surface area contributed by atoms with E-state index in [4.69, 9.17) is 4.42 Å². The van der Waals surface area contributed by atoms with Crippen LogP contribution >= 0.6 is 11.8 Å². The molecular formula is C24H31N5O2S. The summed E-state index contributed by atoms with van der Waals surface area (Å²) in [5.41, 5.74) is 1.12. The zero-order valence-corrected chi connectivity index (χ0v) is 19.8. The summed E-state index contributed by atoms with van der Waals surface area (Å²) in [4.78, 5) is 17.0. The van der Waals surface area contributed by atoms with E-state index < -0.39 is 0 Å². The topological polar surface area (TPSA) is 67.4 Å². The van der Waals surface area contributed by atoms with Crippen LogP contribution in [-0.2, 0) is 11.3 Å². The number of carbonyl (C=O) groups is 1. The largest absolute Gasteiger partial charge is 0.467 e. The summed E-state index contributed by atoms with van der Waals surface area (Å²) in [6.45, 7) is 6.82. The fraction of sp³-hybridized carbons (Fsp3) is 0.458. The van der Waals surface area contributed by atoms with Gasteiger partial charge in [0, 0.05) is 20.1 Å². The second-order valence-electron chi connectivity index (χ2n) is 8.52. The highest BCUT2D eigenvalue weighted by molar-refractivity contribution is 7.99. The maximum atomic E-state index is 12.9. The van der Waals surface area contributed by atoms with Crippen LogP contribution in [0.3, 0.4) is 0 Å². The van der Waals surface area contributed by atoms with Crippen LogP contribution in [0.25, 0.3) is 0 Å². The SMILES string of the molecule is CC1CCCN(c2nnc(SCC(=O)N(C)C(C)c3ccccc3)n2Cc2ccco2)C1. The molecule has 1 fully saturated rings. The molecule has 2 atom stereocenters. The molecule has 0 N–H and O–H groups in total. The molecular weight excluding hydrogens is 422 g/mol. The van der Waals surface area contributed by atoms with Gasteiger partial charge in [-0.2, -0.15) is 0 Å². The zero-order valence-electron chi connectivity index (χ0n) is 19.0. The highest BCUT2D eigenvalue weighted by Crippen LogP contribution is 2.28. The van der Waals surface area contributed by atoms with E-state index in [1.807, 2.05) is 56.4 Å².